The summed E-state index contributed by atoms with van der Waals surface area (Å²) in [6, 6.07) is 0. The maximum atomic E-state index is 2.62. The Hall–Kier alpha value is -2.08. The molecule has 0 heteroatoms. The van der Waals surface area contributed by atoms with E-state index >= 15 is 0 Å². The predicted molar refractivity (Wildman–Crippen MR) is 168 cm³/mol. The molecule has 2 fully saturated rings. The molecular weight excluding hydrogens is 468 g/mol. The van der Waals surface area contributed by atoms with Crippen LogP contribution in [0.1, 0.15) is 117 Å². The first-order valence-corrected chi connectivity index (χ1v) is 16.8. The SMILES string of the molecule is CCC1=CC2=CC3=C(CC)C=CC3=CC=CC3=C(C=C1C2)CCC3CC(C)C1CCCCCC2CC2CCC1. The Balaban J connectivity index is 1.25. The molecule has 0 spiro atoms. The lowest BCUT2D eigenvalue weighted by Crippen LogP contribution is -2.16. The van der Waals surface area contributed by atoms with Gasteiger partial charge in [0.15, 0.2) is 0 Å². The minimum absolute atomic E-state index is 0.723. The summed E-state index contributed by atoms with van der Waals surface area (Å²) < 4.78 is 0. The van der Waals surface area contributed by atoms with Crippen LogP contribution in [0, 0.1) is 29.6 Å². The Labute approximate surface area is 239 Å². The average molecular weight is 521 g/mol. The van der Waals surface area contributed by atoms with E-state index in [1.54, 1.807) is 28.7 Å². The van der Waals surface area contributed by atoms with Crippen molar-refractivity contribution in [2.24, 2.45) is 29.6 Å². The molecule has 0 heterocycles. The molecule has 6 aliphatic rings. The number of fused-ring (bicyclic) bond motifs is 4. The normalized spacial score (nSPS) is 31.7. The summed E-state index contributed by atoms with van der Waals surface area (Å²) in [5, 5.41) is 0. The van der Waals surface area contributed by atoms with Gasteiger partial charge in [-0.15, -0.1) is 0 Å². The zero-order chi connectivity index (χ0) is 26.8. The quantitative estimate of drug-likeness (QED) is 0.338. The van der Waals surface area contributed by atoms with Gasteiger partial charge in [-0.05, 0) is 119 Å². The van der Waals surface area contributed by atoms with E-state index in [1.807, 2.05) is 0 Å². The minimum atomic E-state index is 0.723. The third kappa shape index (κ3) is 6.16. The Kier molecular flexibility index (Phi) is 8.48. The Bertz CT molecular complexity index is 1180. The van der Waals surface area contributed by atoms with E-state index in [4.69, 9.17) is 0 Å². The summed E-state index contributed by atoms with van der Waals surface area (Å²) in [5.41, 5.74) is 12.2. The van der Waals surface area contributed by atoms with E-state index in [0.29, 0.717) is 0 Å². The van der Waals surface area contributed by atoms with Crippen LogP contribution in [-0.2, 0) is 0 Å². The lowest BCUT2D eigenvalue weighted by molar-refractivity contribution is 0.259. The van der Waals surface area contributed by atoms with Crippen molar-refractivity contribution < 1.29 is 0 Å². The van der Waals surface area contributed by atoms with Gasteiger partial charge < -0.3 is 0 Å². The second-order valence-corrected chi connectivity index (χ2v) is 13.7. The first-order valence-electron chi connectivity index (χ1n) is 16.8. The summed E-state index contributed by atoms with van der Waals surface area (Å²) in [6.45, 7) is 7.23. The van der Waals surface area contributed by atoms with Gasteiger partial charge >= 0.3 is 0 Å². The molecule has 2 bridgehead atoms. The van der Waals surface area contributed by atoms with Gasteiger partial charge in [0.05, 0.1) is 0 Å². The zero-order valence-corrected chi connectivity index (χ0v) is 25.1. The van der Waals surface area contributed by atoms with E-state index in [1.165, 1.54) is 92.9 Å². The van der Waals surface area contributed by atoms with Crippen molar-refractivity contribution in [1.82, 2.24) is 0 Å². The molecule has 208 valence electrons. The first kappa shape index (κ1) is 27.1. The number of hydrogen-bond acceptors (Lipinski definition) is 0. The number of allylic oxidation sites excluding steroid dienone is 16. The number of rotatable bonds is 5. The first-order chi connectivity index (χ1) is 19.1. The van der Waals surface area contributed by atoms with Crippen LogP contribution in [0.2, 0.25) is 0 Å². The maximum Gasteiger partial charge on any atom is -0.00226 e. The summed E-state index contributed by atoms with van der Waals surface area (Å²) in [6.07, 6.45) is 40.3. The third-order valence-electron chi connectivity index (χ3n) is 11.2. The summed E-state index contributed by atoms with van der Waals surface area (Å²) in [4.78, 5) is 0. The largest absolute Gasteiger partial charge is 0.0622 e. The van der Waals surface area contributed by atoms with Gasteiger partial charge in [0.2, 0.25) is 0 Å². The Morgan fingerprint density at radius 3 is 2.49 bits per heavy atom. The van der Waals surface area contributed by atoms with Gasteiger partial charge in [-0.3, -0.25) is 0 Å². The summed E-state index contributed by atoms with van der Waals surface area (Å²) in [7, 11) is 0. The second kappa shape index (κ2) is 12.2. The van der Waals surface area contributed by atoms with Crippen molar-refractivity contribution in [3.8, 4) is 0 Å². The van der Waals surface area contributed by atoms with Crippen LogP contribution in [0.5, 0.6) is 0 Å². The van der Waals surface area contributed by atoms with Crippen LogP contribution in [-0.4, -0.2) is 0 Å². The van der Waals surface area contributed by atoms with Gasteiger partial charge in [-0.25, -0.2) is 0 Å². The second-order valence-electron chi connectivity index (χ2n) is 13.7. The molecule has 5 atom stereocenters. The lowest BCUT2D eigenvalue weighted by atomic mass is 9.78. The van der Waals surface area contributed by atoms with Gasteiger partial charge in [0.25, 0.3) is 0 Å². The highest BCUT2D eigenvalue weighted by molar-refractivity contribution is 5.63. The molecule has 0 radical (unpaired) electrons. The van der Waals surface area contributed by atoms with Gasteiger partial charge in [0.1, 0.15) is 0 Å². The van der Waals surface area contributed by atoms with E-state index in [-0.39, 0.29) is 0 Å². The molecule has 5 unspecified atom stereocenters. The maximum absolute atomic E-state index is 2.62. The van der Waals surface area contributed by atoms with E-state index in [9.17, 15) is 0 Å². The molecule has 6 aliphatic carbocycles. The summed E-state index contributed by atoms with van der Waals surface area (Å²) in [5.74, 6) is 4.69. The fraction of sp³-hybridized carbons (Fsp3) is 0.590. The monoisotopic (exact) mass is 520 g/mol. The minimum Gasteiger partial charge on any atom is -0.0622 e. The Morgan fingerprint density at radius 2 is 1.64 bits per heavy atom. The molecule has 0 aromatic rings. The Morgan fingerprint density at radius 1 is 0.821 bits per heavy atom. The highest BCUT2D eigenvalue weighted by atomic mass is 14.4. The van der Waals surface area contributed by atoms with Crippen LogP contribution >= 0.6 is 0 Å². The van der Waals surface area contributed by atoms with Crippen molar-refractivity contribution in [3.63, 3.8) is 0 Å². The molecule has 0 aromatic carbocycles. The van der Waals surface area contributed by atoms with Crippen molar-refractivity contribution in [2.45, 2.75) is 117 Å². The molecule has 6 rings (SSSR count). The third-order valence-corrected chi connectivity index (χ3v) is 11.2. The van der Waals surface area contributed by atoms with E-state index in [2.05, 4.69) is 69.4 Å². The standard InChI is InChI=1S/C39H52/c1-4-29-17-18-32-14-10-16-38-35(19-20-36(38)26-37-23-28(24-39(29)32)22-30(37)5-2)21-27(3)31-11-7-6-8-12-33-25-34(33)15-9-13-31/h10,14,16-18,22,24,26-27,31,33-35H,4-9,11-13,15,19-21,23,25H2,1-3H3. The van der Waals surface area contributed by atoms with Crippen molar-refractivity contribution in [2.75, 3.05) is 0 Å². The molecule has 2 saturated carbocycles. The fourth-order valence-electron chi connectivity index (χ4n) is 8.64. The molecule has 0 saturated heterocycles. The van der Waals surface area contributed by atoms with Crippen LogP contribution in [0.4, 0.5) is 0 Å². The molecule has 0 N–H and O–H groups in total. The highest BCUT2D eigenvalue weighted by Crippen LogP contribution is 2.48. The summed E-state index contributed by atoms with van der Waals surface area (Å²) >= 11 is 0. The number of hydrogen-bond donors (Lipinski definition) is 0. The van der Waals surface area contributed by atoms with Crippen LogP contribution < -0.4 is 0 Å². The highest BCUT2D eigenvalue weighted by Gasteiger charge is 2.36. The molecular formula is C39H52. The van der Waals surface area contributed by atoms with Gasteiger partial charge in [0, 0.05) is 0 Å². The molecule has 0 amide bonds. The molecule has 0 aliphatic heterocycles. The fourth-order valence-corrected chi connectivity index (χ4v) is 8.64. The molecule has 0 aromatic heterocycles. The average Bonchev–Trinajstić information content (AvgIpc) is 3.18. The van der Waals surface area contributed by atoms with Gasteiger partial charge in [-0.1, -0.05) is 121 Å². The van der Waals surface area contributed by atoms with Gasteiger partial charge in [-0.2, -0.15) is 0 Å². The van der Waals surface area contributed by atoms with Crippen LogP contribution in [0.15, 0.2) is 93.2 Å². The van der Waals surface area contributed by atoms with E-state index in [0.717, 1.165) is 48.9 Å². The topological polar surface area (TPSA) is 0 Å². The van der Waals surface area contributed by atoms with E-state index < -0.39 is 0 Å². The predicted octanol–water partition coefficient (Wildman–Crippen LogP) is 11.5. The lowest BCUT2D eigenvalue weighted by Gasteiger charge is -2.27. The van der Waals surface area contributed by atoms with Crippen molar-refractivity contribution in [3.05, 3.63) is 93.2 Å². The smallest absolute Gasteiger partial charge is 0.00226 e. The molecule has 0 nitrogen and oxygen atoms in total. The van der Waals surface area contributed by atoms with Crippen molar-refractivity contribution >= 4 is 0 Å². The molecule has 39 heavy (non-hydrogen) atoms. The zero-order valence-electron chi connectivity index (χ0n) is 25.1. The van der Waals surface area contributed by atoms with Crippen LogP contribution in [0.25, 0.3) is 0 Å². The van der Waals surface area contributed by atoms with Crippen molar-refractivity contribution in [1.29, 1.82) is 0 Å². The van der Waals surface area contributed by atoms with Crippen LogP contribution in [0.3, 0.4) is 0 Å².